The number of aromatic nitrogens is 3. The van der Waals surface area contributed by atoms with E-state index in [2.05, 4.69) is 125 Å². The van der Waals surface area contributed by atoms with E-state index in [0.717, 1.165) is 38.9 Å². The zero-order chi connectivity index (χ0) is 24.2. The Bertz CT molecular complexity index is 1910. The topological polar surface area (TPSA) is 34.8 Å². The maximum atomic E-state index is 5.54. The molecular weight excluding hydrogens is 442 g/mol. The second-order valence-electron chi connectivity index (χ2n) is 9.27. The molecule has 4 nitrogen and oxygen atoms in total. The van der Waals surface area contributed by atoms with Crippen LogP contribution < -0.4 is 4.57 Å². The number of imidazole rings is 1. The fourth-order valence-corrected chi connectivity index (χ4v) is 5.32. The summed E-state index contributed by atoms with van der Waals surface area (Å²) >= 11 is 0. The van der Waals surface area contributed by atoms with Crippen molar-refractivity contribution >= 4 is 32.9 Å². The molecule has 5 aromatic carbocycles. The normalized spacial score (nSPS) is 11.6. The van der Waals surface area contributed by atoms with Crippen LogP contribution in [0, 0.1) is 6.92 Å². The monoisotopic (exact) mass is 466 g/mol. The molecule has 0 saturated heterocycles. The van der Waals surface area contributed by atoms with Crippen LogP contribution in [0.1, 0.15) is 5.56 Å². The minimum atomic E-state index is 0.809. The van der Waals surface area contributed by atoms with Crippen molar-refractivity contribution in [3.05, 3.63) is 115 Å². The number of nitrogens with zero attached hydrogens (tertiary/aromatic N) is 3. The van der Waals surface area contributed by atoms with Gasteiger partial charge < -0.3 is 4.42 Å². The molecular formula is C32H24N3O+. The number of hydrogen-bond acceptors (Lipinski definition) is 2. The van der Waals surface area contributed by atoms with Crippen molar-refractivity contribution in [2.45, 2.75) is 6.92 Å². The lowest BCUT2D eigenvalue weighted by Gasteiger charge is -2.10. The molecule has 172 valence electrons. The second-order valence-corrected chi connectivity index (χ2v) is 9.27. The van der Waals surface area contributed by atoms with Crippen molar-refractivity contribution in [1.29, 1.82) is 0 Å². The molecule has 0 unspecified atom stereocenters. The van der Waals surface area contributed by atoms with E-state index in [1.165, 1.54) is 34.1 Å². The Morgan fingerprint density at radius 2 is 1.53 bits per heavy atom. The van der Waals surface area contributed by atoms with Gasteiger partial charge in [-0.1, -0.05) is 60.7 Å². The summed E-state index contributed by atoms with van der Waals surface area (Å²) in [6.45, 7) is 2.19. The van der Waals surface area contributed by atoms with Gasteiger partial charge in [0.25, 0.3) is 5.82 Å². The first-order valence-electron chi connectivity index (χ1n) is 12.1. The Morgan fingerprint density at radius 3 is 2.42 bits per heavy atom. The van der Waals surface area contributed by atoms with E-state index in [4.69, 9.17) is 4.42 Å². The molecule has 0 fully saturated rings. The molecule has 2 heterocycles. The van der Waals surface area contributed by atoms with Crippen LogP contribution in [0.3, 0.4) is 0 Å². The van der Waals surface area contributed by atoms with Gasteiger partial charge in [-0.05, 0) is 71.5 Å². The minimum absolute atomic E-state index is 0.809. The van der Waals surface area contributed by atoms with Gasteiger partial charge in [0, 0.05) is 5.39 Å². The van der Waals surface area contributed by atoms with Crippen LogP contribution in [0.2, 0.25) is 0 Å². The second kappa shape index (κ2) is 7.92. The Balaban J connectivity index is 1.48. The smallest absolute Gasteiger partial charge is 0.295 e. The molecule has 7 rings (SSSR count). The van der Waals surface area contributed by atoms with Crippen LogP contribution in [-0.4, -0.2) is 9.55 Å². The largest absolute Gasteiger partial charge is 0.443 e. The first-order chi connectivity index (χ1) is 17.7. The van der Waals surface area contributed by atoms with Crippen LogP contribution in [0.15, 0.2) is 114 Å². The van der Waals surface area contributed by atoms with E-state index in [9.17, 15) is 0 Å². The zero-order valence-electron chi connectivity index (χ0n) is 20.1. The lowest BCUT2D eigenvalue weighted by molar-refractivity contribution is -0.633. The summed E-state index contributed by atoms with van der Waals surface area (Å²) in [6.07, 6.45) is 1.52. The molecule has 0 aliphatic heterocycles. The highest BCUT2D eigenvalue weighted by atomic mass is 16.3. The highest BCUT2D eigenvalue weighted by Gasteiger charge is 2.27. The molecule has 0 amide bonds. The number of oxazole rings is 1. The zero-order valence-corrected chi connectivity index (χ0v) is 20.1. The summed E-state index contributed by atoms with van der Waals surface area (Å²) in [5, 5.41) is 2.26. The molecule has 36 heavy (non-hydrogen) atoms. The van der Waals surface area contributed by atoms with E-state index in [-0.39, 0.29) is 0 Å². The highest BCUT2D eigenvalue weighted by Crippen LogP contribution is 2.34. The molecule has 2 aromatic heterocycles. The molecule has 0 bridgehead atoms. The van der Waals surface area contributed by atoms with Gasteiger partial charge in [-0.25, -0.2) is 9.55 Å². The summed E-state index contributed by atoms with van der Waals surface area (Å²) in [6, 6.07) is 36.6. The Kier molecular flexibility index (Phi) is 4.55. The molecule has 0 atom stereocenters. The summed E-state index contributed by atoms with van der Waals surface area (Å²) in [7, 11) is 2.15. The van der Waals surface area contributed by atoms with E-state index in [0.29, 0.717) is 0 Å². The van der Waals surface area contributed by atoms with Gasteiger partial charge in [-0.3, -0.25) is 0 Å². The number of hydrogen-bond donors (Lipinski definition) is 0. The molecule has 0 N–H and O–H groups in total. The highest BCUT2D eigenvalue weighted by molar-refractivity contribution is 6.05. The van der Waals surface area contributed by atoms with Crippen molar-refractivity contribution < 1.29 is 8.98 Å². The number of aryl methyl sites for hydroxylation is 2. The van der Waals surface area contributed by atoms with Gasteiger partial charge in [0.2, 0.25) is 0 Å². The van der Waals surface area contributed by atoms with Crippen molar-refractivity contribution in [3.8, 4) is 28.2 Å². The molecule has 0 spiro atoms. The SMILES string of the molecule is Cc1ccc(-c2ccc3ccc4ocnc4c3c2)cc1-c1n(-c2ccccc2)c2ccccc2[n+]1C. The molecule has 7 aromatic rings. The number of fused-ring (bicyclic) bond motifs is 4. The van der Waals surface area contributed by atoms with Gasteiger partial charge >= 0.3 is 0 Å². The first-order valence-corrected chi connectivity index (χ1v) is 12.1. The fraction of sp³-hybridized carbons (Fsp3) is 0.0625. The predicted molar refractivity (Wildman–Crippen MR) is 145 cm³/mol. The minimum Gasteiger partial charge on any atom is -0.443 e. The summed E-state index contributed by atoms with van der Waals surface area (Å²) in [4.78, 5) is 4.47. The molecule has 0 radical (unpaired) electrons. The first kappa shape index (κ1) is 20.7. The standard InChI is InChI=1S/C32H24N3O/c1-21-12-13-23(24-15-14-22-16-17-30-31(27(22)19-24)33-20-36-30)18-26(21)32-34(2)28-10-6-7-11-29(28)35(32)25-8-4-3-5-9-25/h3-20H,1-2H3/q+1. The van der Waals surface area contributed by atoms with Crippen LogP contribution >= 0.6 is 0 Å². The molecule has 4 heteroatoms. The maximum Gasteiger partial charge on any atom is 0.295 e. The maximum absolute atomic E-state index is 5.54. The molecule has 0 aliphatic rings. The van der Waals surface area contributed by atoms with Crippen LogP contribution in [0.5, 0.6) is 0 Å². The van der Waals surface area contributed by atoms with Gasteiger partial charge in [-0.15, -0.1) is 0 Å². The van der Waals surface area contributed by atoms with Crippen LogP contribution in [0.25, 0.3) is 61.1 Å². The van der Waals surface area contributed by atoms with Gasteiger partial charge in [0.1, 0.15) is 11.2 Å². The summed E-state index contributed by atoms with van der Waals surface area (Å²) < 4.78 is 10.2. The number of para-hydroxylation sites is 3. The average molecular weight is 467 g/mol. The summed E-state index contributed by atoms with van der Waals surface area (Å²) in [5.41, 5.74) is 10.00. The Labute approximate surface area is 208 Å². The average Bonchev–Trinajstić information content (AvgIpc) is 3.52. The third-order valence-corrected chi connectivity index (χ3v) is 7.16. The lowest BCUT2D eigenvalue weighted by Crippen LogP contribution is -2.30. The third kappa shape index (κ3) is 3.08. The molecule has 0 aliphatic carbocycles. The van der Waals surface area contributed by atoms with Gasteiger partial charge in [-0.2, -0.15) is 4.57 Å². The van der Waals surface area contributed by atoms with Crippen molar-refractivity contribution in [2.75, 3.05) is 0 Å². The third-order valence-electron chi connectivity index (χ3n) is 7.16. The van der Waals surface area contributed by atoms with E-state index in [1.54, 1.807) is 0 Å². The fourth-order valence-electron chi connectivity index (χ4n) is 5.32. The van der Waals surface area contributed by atoms with E-state index >= 15 is 0 Å². The van der Waals surface area contributed by atoms with E-state index in [1.807, 2.05) is 6.07 Å². The summed E-state index contributed by atoms with van der Waals surface area (Å²) in [5.74, 6) is 1.15. The number of benzene rings is 5. The van der Waals surface area contributed by atoms with E-state index < -0.39 is 0 Å². The Hall–Kier alpha value is -4.70. The van der Waals surface area contributed by atoms with Crippen molar-refractivity contribution in [3.63, 3.8) is 0 Å². The van der Waals surface area contributed by atoms with Crippen LogP contribution in [-0.2, 0) is 7.05 Å². The quantitative estimate of drug-likeness (QED) is 0.254. The van der Waals surface area contributed by atoms with Crippen LogP contribution in [0.4, 0.5) is 0 Å². The van der Waals surface area contributed by atoms with Crippen molar-refractivity contribution in [2.24, 2.45) is 7.05 Å². The lowest BCUT2D eigenvalue weighted by atomic mass is 9.96. The van der Waals surface area contributed by atoms with Gasteiger partial charge in [0.05, 0.1) is 12.6 Å². The van der Waals surface area contributed by atoms with Gasteiger partial charge in [0.15, 0.2) is 23.0 Å². The Morgan fingerprint density at radius 1 is 0.778 bits per heavy atom. The van der Waals surface area contributed by atoms with Crippen molar-refractivity contribution in [1.82, 2.24) is 9.55 Å². The number of rotatable bonds is 3. The molecule has 0 saturated carbocycles. The predicted octanol–water partition coefficient (Wildman–Crippen LogP) is 7.39.